The molecule has 0 aliphatic carbocycles. The summed E-state index contributed by atoms with van der Waals surface area (Å²) in [5, 5.41) is 6.54. The Morgan fingerprint density at radius 1 is 1.21 bits per heavy atom. The summed E-state index contributed by atoms with van der Waals surface area (Å²) < 4.78 is 5.86. The van der Waals surface area contributed by atoms with E-state index in [1.54, 1.807) is 0 Å². The number of benzene rings is 2. The SMILES string of the molecule is Cc1c(COc2ccccc2)cccc1NC(=O)CC(C)C1CCCNC1.Cl. The zero-order chi connectivity index (χ0) is 19.1. The van der Waals surface area contributed by atoms with Gasteiger partial charge in [-0.15, -0.1) is 12.4 Å². The van der Waals surface area contributed by atoms with Gasteiger partial charge in [-0.05, 0) is 74.0 Å². The normalized spacial score (nSPS) is 17.3. The molecule has 5 heteroatoms. The van der Waals surface area contributed by atoms with Gasteiger partial charge in [0.2, 0.25) is 5.91 Å². The minimum absolute atomic E-state index is 0. The van der Waals surface area contributed by atoms with Gasteiger partial charge in [-0.25, -0.2) is 0 Å². The second-order valence-electron chi connectivity index (χ2n) is 7.53. The number of nitrogens with one attached hydrogen (secondary N) is 2. The number of hydrogen-bond acceptors (Lipinski definition) is 3. The van der Waals surface area contributed by atoms with Gasteiger partial charge >= 0.3 is 0 Å². The van der Waals surface area contributed by atoms with Crippen LogP contribution in [0.25, 0.3) is 0 Å². The summed E-state index contributed by atoms with van der Waals surface area (Å²) in [5.74, 6) is 1.93. The van der Waals surface area contributed by atoms with Crippen molar-refractivity contribution in [1.82, 2.24) is 5.32 Å². The van der Waals surface area contributed by atoms with Gasteiger partial charge in [0.1, 0.15) is 12.4 Å². The zero-order valence-corrected chi connectivity index (χ0v) is 17.6. The summed E-state index contributed by atoms with van der Waals surface area (Å²) in [6, 6.07) is 15.8. The molecule has 3 rings (SSSR count). The Morgan fingerprint density at radius 3 is 2.71 bits per heavy atom. The van der Waals surface area contributed by atoms with Crippen molar-refractivity contribution < 1.29 is 9.53 Å². The molecule has 1 amide bonds. The van der Waals surface area contributed by atoms with E-state index in [1.165, 1.54) is 12.8 Å². The van der Waals surface area contributed by atoms with Crippen molar-refractivity contribution in [3.8, 4) is 5.75 Å². The van der Waals surface area contributed by atoms with Crippen LogP contribution in [0.2, 0.25) is 0 Å². The third kappa shape index (κ3) is 6.25. The number of carbonyl (C=O) groups is 1. The summed E-state index contributed by atoms with van der Waals surface area (Å²) in [6.45, 7) is 6.85. The van der Waals surface area contributed by atoms with Crippen LogP contribution in [-0.2, 0) is 11.4 Å². The van der Waals surface area contributed by atoms with Crippen molar-refractivity contribution in [3.63, 3.8) is 0 Å². The van der Waals surface area contributed by atoms with Gasteiger partial charge in [0.05, 0.1) is 0 Å². The predicted octanol–water partition coefficient (Wildman–Crippen LogP) is 4.96. The molecule has 2 atom stereocenters. The Balaban J connectivity index is 0.00000280. The number of anilines is 1. The Bertz CT molecular complexity index is 746. The number of para-hydroxylation sites is 1. The summed E-state index contributed by atoms with van der Waals surface area (Å²) in [6.07, 6.45) is 2.99. The van der Waals surface area contributed by atoms with E-state index < -0.39 is 0 Å². The fraction of sp³-hybridized carbons (Fsp3) is 0.435. The first kappa shape index (κ1) is 22.3. The molecule has 28 heavy (non-hydrogen) atoms. The van der Waals surface area contributed by atoms with Crippen molar-refractivity contribution in [2.75, 3.05) is 18.4 Å². The minimum Gasteiger partial charge on any atom is -0.489 e. The standard InChI is InChI=1S/C23H30N2O2.ClH/c1-17(19-9-7-13-24-15-19)14-23(26)25-22-12-6-8-20(18(22)2)16-27-21-10-4-3-5-11-21;/h3-6,8,10-12,17,19,24H,7,9,13-16H2,1-2H3,(H,25,26);1H. The Labute approximate surface area is 174 Å². The lowest BCUT2D eigenvalue weighted by molar-refractivity contribution is -0.117. The van der Waals surface area contributed by atoms with Crippen LogP contribution in [0.3, 0.4) is 0 Å². The maximum absolute atomic E-state index is 12.5. The number of ether oxygens (including phenoxy) is 1. The minimum atomic E-state index is 0. The van der Waals surface area contributed by atoms with Crippen molar-refractivity contribution in [1.29, 1.82) is 0 Å². The van der Waals surface area contributed by atoms with Gasteiger partial charge in [-0.2, -0.15) is 0 Å². The molecule has 2 unspecified atom stereocenters. The van der Waals surface area contributed by atoms with Crippen LogP contribution in [0, 0.1) is 18.8 Å². The van der Waals surface area contributed by atoms with Gasteiger partial charge in [0, 0.05) is 12.1 Å². The molecule has 152 valence electrons. The Hall–Kier alpha value is -2.04. The van der Waals surface area contributed by atoms with Gasteiger partial charge in [0.25, 0.3) is 0 Å². The predicted molar refractivity (Wildman–Crippen MR) is 117 cm³/mol. The molecule has 0 spiro atoms. The largest absolute Gasteiger partial charge is 0.489 e. The highest BCUT2D eigenvalue weighted by molar-refractivity contribution is 5.91. The molecule has 0 bridgehead atoms. The molecule has 2 aromatic rings. The van der Waals surface area contributed by atoms with E-state index in [4.69, 9.17) is 4.74 Å². The van der Waals surface area contributed by atoms with Crippen LogP contribution in [0.5, 0.6) is 5.75 Å². The number of amides is 1. The highest BCUT2D eigenvalue weighted by Gasteiger charge is 2.22. The van der Waals surface area contributed by atoms with E-state index in [1.807, 2.05) is 55.5 Å². The molecule has 0 aromatic heterocycles. The van der Waals surface area contributed by atoms with Crippen LogP contribution < -0.4 is 15.4 Å². The van der Waals surface area contributed by atoms with E-state index in [9.17, 15) is 4.79 Å². The lowest BCUT2D eigenvalue weighted by Crippen LogP contribution is -2.34. The van der Waals surface area contributed by atoms with Crippen molar-refractivity contribution in [3.05, 3.63) is 59.7 Å². The summed E-state index contributed by atoms with van der Waals surface area (Å²) in [7, 11) is 0. The maximum Gasteiger partial charge on any atom is 0.224 e. The molecule has 2 N–H and O–H groups in total. The van der Waals surface area contributed by atoms with Gasteiger partial charge in [0.15, 0.2) is 0 Å². The average molecular weight is 403 g/mol. The van der Waals surface area contributed by atoms with Crippen LogP contribution in [0.1, 0.15) is 37.3 Å². The van der Waals surface area contributed by atoms with E-state index in [0.29, 0.717) is 24.9 Å². The molecule has 1 saturated heterocycles. The number of carbonyl (C=O) groups excluding carboxylic acids is 1. The monoisotopic (exact) mass is 402 g/mol. The molecular formula is C23H31ClN2O2. The van der Waals surface area contributed by atoms with Gasteiger partial charge < -0.3 is 15.4 Å². The highest BCUT2D eigenvalue weighted by Crippen LogP contribution is 2.25. The second-order valence-corrected chi connectivity index (χ2v) is 7.53. The smallest absolute Gasteiger partial charge is 0.224 e. The van der Waals surface area contributed by atoms with Crippen molar-refractivity contribution in [2.24, 2.45) is 11.8 Å². The lowest BCUT2D eigenvalue weighted by atomic mass is 9.85. The lowest BCUT2D eigenvalue weighted by Gasteiger charge is -2.28. The zero-order valence-electron chi connectivity index (χ0n) is 16.7. The molecule has 1 aliphatic heterocycles. The van der Waals surface area contributed by atoms with Gasteiger partial charge in [-0.1, -0.05) is 37.3 Å². The van der Waals surface area contributed by atoms with Crippen LogP contribution in [-0.4, -0.2) is 19.0 Å². The van der Waals surface area contributed by atoms with Crippen LogP contribution >= 0.6 is 12.4 Å². The number of hydrogen-bond donors (Lipinski definition) is 2. The molecule has 2 aromatic carbocycles. The summed E-state index contributed by atoms with van der Waals surface area (Å²) in [5.41, 5.74) is 3.03. The summed E-state index contributed by atoms with van der Waals surface area (Å²) >= 11 is 0. The van der Waals surface area contributed by atoms with E-state index >= 15 is 0 Å². The highest BCUT2D eigenvalue weighted by atomic mass is 35.5. The maximum atomic E-state index is 12.5. The first-order chi connectivity index (χ1) is 13.1. The van der Waals surface area contributed by atoms with E-state index in [2.05, 4.69) is 17.6 Å². The molecule has 4 nitrogen and oxygen atoms in total. The fourth-order valence-corrected chi connectivity index (χ4v) is 3.68. The Kier molecular flexibility index (Phi) is 8.81. The summed E-state index contributed by atoms with van der Waals surface area (Å²) in [4.78, 5) is 12.5. The number of halogens is 1. The van der Waals surface area contributed by atoms with Crippen molar-refractivity contribution in [2.45, 2.75) is 39.7 Å². The molecule has 0 radical (unpaired) electrons. The third-order valence-corrected chi connectivity index (χ3v) is 5.50. The molecule has 1 fully saturated rings. The van der Waals surface area contributed by atoms with Crippen LogP contribution in [0.15, 0.2) is 48.5 Å². The van der Waals surface area contributed by atoms with E-state index in [-0.39, 0.29) is 18.3 Å². The first-order valence-corrected chi connectivity index (χ1v) is 9.90. The molecule has 1 aliphatic rings. The Morgan fingerprint density at radius 2 is 2.00 bits per heavy atom. The second kappa shape index (κ2) is 11.1. The third-order valence-electron chi connectivity index (χ3n) is 5.50. The molecular weight excluding hydrogens is 372 g/mol. The first-order valence-electron chi connectivity index (χ1n) is 9.90. The molecule has 1 heterocycles. The average Bonchev–Trinajstić information content (AvgIpc) is 2.70. The topological polar surface area (TPSA) is 50.4 Å². The van der Waals surface area contributed by atoms with Crippen LogP contribution in [0.4, 0.5) is 5.69 Å². The number of piperidine rings is 1. The van der Waals surface area contributed by atoms with E-state index in [0.717, 1.165) is 35.7 Å². The quantitative estimate of drug-likeness (QED) is 0.688. The van der Waals surface area contributed by atoms with Crippen molar-refractivity contribution >= 4 is 24.0 Å². The van der Waals surface area contributed by atoms with Gasteiger partial charge in [-0.3, -0.25) is 4.79 Å². The fourth-order valence-electron chi connectivity index (χ4n) is 3.68. The number of rotatable bonds is 7. The molecule has 0 saturated carbocycles.